The molecule has 21 heavy (non-hydrogen) atoms. The van der Waals surface area contributed by atoms with Crippen LogP contribution in [-0.4, -0.2) is 46.7 Å². The Morgan fingerprint density at radius 3 is 2.52 bits per heavy atom. The van der Waals surface area contributed by atoms with Crippen LogP contribution in [-0.2, 0) is 4.79 Å². The molecule has 1 saturated heterocycles. The lowest BCUT2D eigenvalue weighted by Gasteiger charge is -2.34. The van der Waals surface area contributed by atoms with Crippen molar-refractivity contribution in [1.29, 1.82) is 5.26 Å². The van der Waals surface area contributed by atoms with Gasteiger partial charge in [0.15, 0.2) is 0 Å². The van der Waals surface area contributed by atoms with Gasteiger partial charge in [-0.05, 0) is 44.4 Å². The first-order valence-electron chi connectivity index (χ1n) is 7.48. The summed E-state index contributed by atoms with van der Waals surface area (Å²) in [6.07, 6.45) is 3.34. The molecule has 0 spiro atoms. The molecule has 2 fully saturated rings. The van der Waals surface area contributed by atoms with Gasteiger partial charge in [0.05, 0.1) is 6.07 Å². The standard InChI is InChI=1S/C14H22N4O3/c15-8-11-2-1-7-18(11)13(19)12(17-14(20)21)9-3-5-10(16)6-4-9/h9-12,17H,1-7,16H2,(H,20,21)/t9?,10?,11-,12-/m0/s1. The lowest BCUT2D eigenvalue weighted by molar-refractivity contribution is -0.135. The van der Waals surface area contributed by atoms with E-state index in [1.165, 1.54) is 4.90 Å². The minimum atomic E-state index is -1.20. The molecule has 2 aliphatic rings. The van der Waals surface area contributed by atoms with E-state index < -0.39 is 18.2 Å². The number of nitrogens with zero attached hydrogens (tertiary/aromatic N) is 2. The minimum Gasteiger partial charge on any atom is -0.465 e. The first kappa shape index (κ1) is 15.6. The molecule has 2 atom stereocenters. The maximum atomic E-state index is 12.6. The van der Waals surface area contributed by atoms with Gasteiger partial charge < -0.3 is 21.1 Å². The summed E-state index contributed by atoms with van der Waals surface area (Å²) < 4.78 is 0. The van der Waals surface area contributed by atoms with Crippen LogP contribution in [0.3, 0.4) is 0 Å². The Labute approximate surface area is 124 Å². The van der Waals surface area contributed by atoms with E-state index in [0.717, 1.165) is 32.1 Å². The third-order valence-corrected chi connectivity index (χ3v) is 4.52. The van der Waals surface area contributed by atoms with Crippen molar-refractivity contribution in [1.82, 2.24) is 10.2 Å². The summed E-state index contributed by atoms with van der Waals surface area (Å²) in [5.74, 6) is -0.296. The number of likely N-dealkylation sites (tertiary alicyclic amines) is 1. The molecule has 1 saturated carbocycles. The maximum absolute atomic E-state index is 12.6. The Hall–Kier alpha value is -1.81. The fraction of sp³-hybridized carbons (Fsp3) is 0.786. The Balaban J connectivity index is 2.10. The number of hydrogen-bond donors (Lipinski definition) is 3. The van der Waals surface area contributed by atoms with E-state index in [9.17, 15) is 9.59 Å². The molecule has 0 unspecified atom stereocenters. The predicted molar refractivity (Wildman–Crippen MR) is 75.2 cm³/mol. The third-order valence-electron chi connectivity index (χ3n) is 4.52. The van der Waals surface area contributed by atoms with Gasteiger partial charge in [-0.1, -0.05) is 0 Å². The van der Waals surface area contributed by atoms with Crippen LogP contribution in [0, 0.1) is 17.2 Å². The molecule has 0 radical (unpaired) electrons. The Morgan fingerprint density at radius 1 is 1.29 bits per heavy atom. The summed E-state index contributed by atoms with van der Waals surface area (Å²) in [6, 6.07) is 1.07. The summed E-state index contributed by atoms with van der Waals surface area (Å²) in [7, 11) is 0. The second kappa shape index (κ2) is 6.76. The van der Waals surface area contributed by atoms with Crippen LogP contribution >= 0.6 is 0 Å². The van der Waals surface area contributed by atoms with Gasteiger partial charge in [-0.2, -0.15) is 5.26 Å². The van der Waals surface area contributed by atoms with Crippen molar-refractivity contribution < 1.29 is 14.7 Å². The number of carboxylic acid groups (broad SMARTS) is 1. The van der Waals surface area contributed by atoms with Crippen molar-refractivity contribution >= 4 is 12.0 Å². The van der Waals surface area contributed by atoms with Gasteiger partial charge in [0.1, 0.15) is 12.1 Å². The number of nitrogens with two attached hydrogens (primary N) is 1. The second-order valence-corrected chi connectivity index (χ2v) is 5.92. The van der Waals surface area contributed by atoms with Crippen molar-refractivity contribution in [2.24, 2.45) is 11.7 Å². The van der Waals surface area contributed by atoms with E-state index in [0.29, 0.717) is 13.0 Å². The second-order valence-electron chi connectivity index (χ2n) is 5.92. The highest BCUT2D eigenvalue weighted by atomic mass is 16.4. The molecule has 7 heteroatoms. The van der Waals surface area contributed by atoms with Crippen molar-refractivity contribution in [3.63, 3.8) is 0 Å². The Bertz CT molecular complexity index is 440. The zero-order valence-electron chi connectivity index (χ0n) is 12.0. The highest BCUT2D eigenvalue weighted by molar-refractivity contribution is 5.86. The number of nitrogens with one attached hydrogen (secondary N) is 1. The average Bonchev–Trinajstić information content (AvgIpc) is 2.93. The molecule has 4 N–H and O–H groups in total. The lowest BCUT2D eigenvalue weighted by atomic mass is 9.81. The zero-order valence-corrected chi connectivity index (χ0v) is 12.0. The molecule has 0 aromatic heterocycles. The van der Waals surface area contributed by atoms with Gasteiger partial charge >= 0.3 is 6.09 Å². The topological polar surface area (TPSA) is 119 Å². The summed E-state index contributed by atoms with van der Waals surface area (Å²) in [6.45, 7) is 0.529. The summed E-state index contributed by atoms with van der Waals surface area (Å²) in [4.78, 5) is 25.2. The van der Waals surface area contributed by atoms with E-state index in [1.54, 1.807) is 0 Å². The van der Waals surface area contributed by atoms with E-state index in [4.69, 9.17) is 16.1 Å². The van der Waals surface area contributed by atoms with Gasteiger partial charge in [-0.15, -0.1) is 0 Å². The molecule has 1 heterocycles. The third kappa shape index (κ3) is 3.64. The van der Waals surface area contributed by atoms with E-state index >= 15 is 0 Å². The SMILES string of the molecule is N#C[C@@H]1CCCN1C(=O)[C@@H](NC(=O)O)C1CCC(N)CC1. The van der Waals surface area contributed by atoms with Crippen LogP contribution in [0.15, 0.2) is 0 Å². The largest absolute Gasteiger partial charge is 0.465 e. The van der Waals surface area contributed by atoms with Crippen LogP contribution in [0.4, 0.5) is 4.79 Å². The highest BCUT2D eigenvalue weighted by Crippen LogP contribution is 2.28. The summed E-state index contributed by atoms with van der Waals surface area (Å²) in [5, 5.41) is 20.5. The van der Waals surface area contributed by atoms with Crippen LogP contribution in [0.1, 0.15) is 38.5 Å². The van der Waals surface area contributed by atoms with Gasteiger partial charge in [-0.25, -0.2) is 4.79 Å². The monoisotopic (exact) mass is 294 g/mol. The smallest absolute Gasteiger partial charge is 0.405 e. The van der Waals surface area contributed by atoms with E-state index in [-0.39, 0.29) is 17.9 Å². The van der Waals surface area contributed by atoms with Crippen LogP contribution in [0.5, 0.6) is 0 Å². The fourth-order valence-corrected chi connectivity index (χ4v) is 3.34. The average molecular weight is 294 g/mol. The summed E-state index contributed by atoms with van der Waals surface area (Å²) >= 11 is 0. The molecule has 116 valence electrons. The molecule has 1 aliphatic heterocycles. The molecule has 0 aromatic rings. The molecule has 2 rings (SSSR count). The lowest BCUT2D eigenvalue weighted by Crippen LogP contribution is -2.54. The van der Waals surface area contributed by atoms with E-state index in [1.807, 2.05) is 0 Å². The van der Waals surface area contributed by atoms with Gasteiger partial charge in [-0.3, -0.25) is 4.79 Å². The molecule has 7 nitrogen and oxygen atoms in total. The number of hydrogen-bond acceptors (Lipinski definition) is 4. The molecule has 1 aliphatic carbocycles. The number of carbonyl (C=O) groups is 2. The Kier molecular flexibility index (Phi) is 5.02. The predicted octanol–water partition coefficient (Wildman–Crippen LogP) is 0.655. The number of rotatable bonds is 3. The highest BCUT2D eigenvalue weighted by Gasteiger charge is 2.38. The maximum Gasteiger partial charge on any atom is 0.405 e. The van der Waals surface area contributed by atoms with Crippen LogP contribution in [0.25, 0.3) is 0 Å². The van der Waals surface area contributed by atoms with Crippen LogP contribution in [0.2, 0.25) is 0 Å². The van der Waals surface area contributed by atoms with Gasteiger partial charge in [0.2, 0.25) is 5.91 Å². The quantitative estimate of drug-likeness (QED) is 0.706. The minimum absolute atomic E-state index is 0.0339. The molecule has 2 amide bonds. The van der Waals surface area contributed by atoms with Crippen LogP contribution < -0.4 is 11.1 Å². The Morgan fingerprint density at radius 2 is 1.95 bits per heavy atom. The van der Waals surface area contributed by atoms with Gasteiger partial charge in [0.25, 0.3) is 0 Å². The van der Waals surface area contributed by atoms with Gasteiger partial charge in [0, 0.05) is 12.6 Å². The van der Waals surface area contributed by atoms with Crippen molar-refractivity contribution in [2.75, 3.05) is 6.54 Å². The van der Waals surface area contributed by atoms with Crippen molar-refractivity contribution in [3.8, 4) is 6.07 Å². The molecular formula is C14H22N4O3. The van der Waals surface area contributed by atoms with Crippen molar-refractivity contribution in [3.05, 3.63) is 0 Å². The molecular weight excluding hydrogens is 272 g/mol. The number of nitriles is 1. The van der Waals surface area contributed by atoms with Crippen molar-refractivity contribution in [2.45, 2.75) is 56.7 Å². The molecule has 0 bridgehead atoms. The zero-order chi connectivity index (χ0) is 15.4. The first-order valence-corrected chi connectivity index (χ1v) is 7.48. The number of carbonyl (C=O) groups excluding carboxylic acids is 1. The normalized spacial score (nSPS) is 30.5. The fourth-order valence-electron chi connectivity index (χ4n) is 3.34. The first-order chi connectivity index (χ1) is 10.0. The summed E-state index contributed by atoms with van der Waals surface area (Å²) in [5.41, 5.74) is 5.87. The number of amides is 2. The molecule has 0 aromatic carbocycles. The van der Waals surface area contributed by atoms with E-state index in [2.05, 4.69) is 11.4 Å².